The number of primary amides is 1. The van der Waals surface area contributed by atoms with Crippen molar-refractivity contribution in [1.29, 1.82) is 0 Å². The second kappa shape index (κ2) is 4.68. The number of carbonyl (C=O) groups is 2. The van der Waals surface area contributed by atoms with Crippen LogP contribution in [0.1, 0.15) is 23.7 Å². The predicted octanol–water partition coefficient (Wildman–Crippen LogP) is 1.08. The fraction of sp³-hybridized carbons (Fsp3) is 0.385. The highest BCUT2D eigenvalue weighted by Gasteiger charge is 2.37. The lowest BCUT2D eigenvalue weighted by Gasteiger charge is -2.26. The van der Waals surface area contributed by atoms with Gasteiger partial charge in [-0.05, 0) is 24.5 Å². The minimum Gasteiger partial charge on any atom is -0.480 e. The standard InChI is InChI=1S/C13H16N2O3/c1-8-6-7-15(11(8)13(17)18)10-5-3-2-4-9(10)12(14)16/h2-5,8,11H,6-7H2,1H3,(H2,14,16)(H,17,18). The molecule has 96 valence electrons. The smallest absolute Gasteiger partial charge is 0.326 e. The predicted molar refractivity (Wildman–Crippen MR) is 67.5 cm³/mol. The third kappa shape index (κ3) is 2.03. The summed E-state index contributed by atoms with van der Waals surface area (Å²) in [4.78, 5) is 24.5. The maximum atomic E-state index is 11.4. The van der Waals surface area contributed by atoms with Gasteiger partial charge in [0.2, 0.25) is 0 Å². The van der Waals surface area contributed by atoms with Crippen LogP contribution in [0.15, 0.2) is 24.3 Å². The molecule has 0 aliphatic carbocycles. The summed E-state index contributed by atoms with van der Waals surface area (Å²) in [7, 11) is 0. The number of hydrogen-bond acceptors (Lipinski definition) is 3. The Kier molecular flexibility index (Phi) is 3.23. The lowest BCUT2D eigenvalue weighted by atomic mass is 10.0. The zero-order chi connectivity index (χ0) is 13.3. The van der Waals surface area contributed by atoms with Gasteiger partial charge in [0.1, 0.15) is 6.04 Å². The van der Waals surface area contributed by atoms with E-state index in [0.717, 1.165) is 6.42 Å². The number of para-hydroxylation sites is 1. The Balaban J connectivity index is 2.42. The molecule has 1 aliphatic rings. The molecule has 0 saturated carbocycles. The van der Waals surface area contributed by atoms with Gasteiger partial charge < -0.3 is 15.7 Å². The van der Waals surface area contributed by atoms with Crippen LogP contribution in [0.4, 0.5) is 5.69 Å². The summed E-state index contributed by atoms with van der Waals surface area (Å²) in [5.41, 5.74) is 6.31. The van der Waals surface area contributed by atoms with Gasteiger partial charge in [0, 0.05) is 6.54 Å². The number of nitrogens with zero attached hydrogens (tertiary/aromatic N) is 1. The molecule has 1 aromatic rings. The van der Waals surface area contributed by atoms with Crippen molar-refractivity contribution >= 4 is 17.6 Å². The fourth-order valence-corrected chi connectivity index (χ4v) is 2.53. The summed E-state index contributed by atoms with van der Waals surface area (Å²) in [5, 5.41) is 9.29. The van der Waals surface area contributed by atoms with Crippen LogP contribution in [-0.2, 0) is 4.79 Å². The summed E-state index contributed by atoms with van der Waals surface area (Å²) in [5.74, 6) is -1.34. The van der Waals surface area contributed by atoms with E-state index in [4.69, 9.17) is 5.73 Å². The van der Waals surface area contributed by atoms with Crippen LogP contribution >= 0.6 is 0 Å². The first-order valence-electron chi connectivity index (χ1n) is 5.90. The highest BCUT2D eigenvalue weighted by molar-refractivity contribution is 5.99. The van der Waals surface area contributed by atoms with Crippen LogP contribution < -0.4 is 10.6 Å². The van der Waals surface area contributed by atoms with E-state index in [1.54, 1.807) is 29.2 Å². The molecule has 5 heteroatoms. The zero-order valence-electron chi connectivity index (χ0n) is 10.2. The van der Waals surface area contributed by atoms with Crippen LogP contribution in [0.5, 0.6) is 0 Å². The van der Waals surface area contributed by atoms with Crippen LogP contribution in [-0.4, -0.2) is 29.6 Å². The second-order valence-corrected chi connectivity index (χ2v) is 4.62. The summed E-state index contributed by atoms with van der Waals surface area (Å²) in [6, 6.07) is 6.28. The first-order chi connectivity index (χ1) is 8.52. The van der Waals surface area contributed by atoms with E-state index in [2.05, 4.69) is 0 Å². The van der Waals surface area contributed by atoms with Crippen LogP contribution in [0.3, 0.4) is 0 Å². The number of anilines is 1. The molecule has 2 rings (SSSR count). The maximum Gasteiger partial charge on any atom is 0.326 e. The molecule has 2 unspecified atom stereocenters. The number of carboxylic acids is 1. The number of carboxylic acid groups (broad SMARTS) is 1. The number of rotatable bonds is 3. The molecule has 0 bridgehead atoms. The Morgan fingerprint density at radius 2 is 2.06 bits per heavy atom. The highest BCUT2D eigenvalue weighted by atomic mass is 16.4. The summed E-state index contributed by atoms with van der Waals surface area (Å²) >= 11 is 0. The number of nitrogens with two attached hydrogens (primary N) is 1. The van der Waals surface area contributed by atoms with Crippen LogP contribution in [0, 0.1) is 5.92 Å². The van der Waals surface area contributed by atoms with E-state index >= 15 is 0 Å². The Labute approximate surface area is 105 Å². The van der Waals surface area contributed by atoms with Gasteiger partial charge in [0.15, 0.2) is 0 Å². The van der Waals surface area contributed by atoms with E-state index in [1.165, 1.54) is 0 Å². The summed E-state index contributed by atoms with van der Waals surface area (Å²) in [6.45, 7) is 2.54. The van der Waals surface area contributed by atoms with E-state index in [9.17, 15) is 14.7 Å². The van der Waals surface area contributed by atoms with Gasteiger partial charge in [0.25, 0.3) is 5.91 Å². The number of carbonyl (C=O) groups excluding carboxylic acids is 1. The molecule has 18 heavy (non-hydrogen) atoms. The molecule has 3 N–H and O–H groups in total. The number of aliphatic carboxylic acids is 1. The van der Waals surface area contributed by atoms with E-state index in [-0.39, 0.29) is 5.92 Å². The Bertz CT molecular complexity index is 487. The molecular weight excluding hydrogens is 232 g/mol. The van der Waals surface area contributed by atoms with Gasteiger partial charge in [0.05, 0.1) is 11.3 Å². The molecular formula is C13H16N2O3. The van der Waals surface area contributed by atoms with E-state index in [1.807, 2.05) is 6.92 Å². The van der Waals surface area contributed by atoms with Crippen molar-refractivity contribution in [3.05, 3.63) is 29.8 Å². The fourth-order valence-electron chi connectivity index (χ4n) is 2.53. The maximum absolute atomic E-state index is 11.4. The van der Waals surface area contributed by atoms with Gasteiger partial charge in [-0.15, -0.1) is 0 Å². The van der Waals surface area contributed by atoms with E-state index in [0.29, 0.717) is 17.8 Å². The molecule has 1 aromatic carbocycles. The summed E-state index contributed by atoms with van der Waals surface area (Å²) < 4.78 is 0. The summed E-state index contributed by atoms with van der Waals surface area (Å²) in [6.07, 6.45) is 0.796. The normalized spacial score (nSPS) is 23.1. The van der Waals surface area contributed by atoms with Gasteiger partial charge >= 0.3 is 5.97 Å². The van der Waals surface area contributed by atoms with Crippen molar-refractivity contribution < 1.29 is 14.7 Å². The van der Waals surface area contributed by atoms with Crippen molar-refractivity contribution in [3.8, 4) is 0 Å². The highest BCUT2D eigenvalue weighted by Crippen LogP contribution is 2.31. The molecule has 1 saturated heterocycles. The molecule has 0 spiro atoms. The number of hydrogen-bond donors (Lipinski definition) is 2. The van der Waals surface area contributed by atoms with Crippen molar-refractivity contribution in [3.63, 3.8) is 0 Å². The van der Waals surface area contributed by atoms with Gasteiger partial charge in [-0.2, -0.15) is 0 Å². The monoisotopic (exact) mass is 248 g/mol. The van der Waals surface area contributed by atoms with Gasteiger partial charge in [-0.25, -0.2) is 4.79 Å². The number of amides is 1. The largest absolute Gasteiger partial charge is 0.480 e. The Morgan fingerprint density at radius 3 is 2.67 bits per heavy atom. The molecule has 1 amide bonds. The quantitative estimate of drug-likeness (QED) is 0.838. The average molecular weight is 248 g/mol. The second-order valence-electron chi connectivity index (χ2n) is 4.62. The Hall–Kier alpha value is -2.04. The van der Waals surface area contributed by atoms with Crippen molar-refractivity contribution in [2.45, 2.75) is 19.4 Å². The van der Waals surface area contributed by atoms with Crippen molar-refractivity contribution in [2.75, 3.05) is 11.4 Å². The molecule has 1 aliphatic heterocycles. The first-order valence-corrected chi connectivity index (χ1v) is 5.90. The Morgan fingerprint density at radius 1 is 1.39 bits per heavy atom. The molecule has 5 nitrogen and oxygen atoms in total. The number of benzene rings is 1. The molecule has 0 aromatic heterocycles. The minimum atomic E-state index is -0.862. The molecule has 1 fully saturated rings. The zero-order valence-corrected chi connectivity index (χ0v) is 10.2. The minimum absolute atomic E-state index is 0.0587. The lowest BCUT2D eigenvalue weighted by molar-refractivity contribution is -0.139. The van der Waals surface area contributed by atoms with Crippen LogP contribution in [0.25, 0.3) is 0 Å². The third-order valence-corrected chi connectivity index (χ3v) is 3.43. The SMILES string of the molecule is CC1CCN(c2ccccc2C(N)=O)C1C(=O)O. The van der Waals surface area contributed by atoms with E-state index < -0.39 is 17.9 Å². The molecule has 0 radical (unpaired) electrons. The van der Waals surface area contributed by atoms with Crippen molar-refractivity contribution in [2.24, 2.45) is 11.7 Å². The third-order valence-electron chi connectivity index (χ3n) is 3.43. The van der Waals surface area contributed by atoms with Gasteiger partial charge in [-0.1, -0.05) is 19.1 Å². The average Bonchev–Trinajstić information content (AvgIpc) is 2.71. The van der Waals surface area contributed by atoms with Crippen molar-refractivity contribution in [1.82, 2.24) is 0 Å². The van der Waals surface area contributed by atoms with Crippen LogP contribution in [0.2, 0.25) is 0 Å². The molecule has 1 heterocycles. The first kappa shape index (κ1) is 12.4. The molecule has 2 atom stereocenters. The van der Waals surface area contributed by atoms with Gasteiger partial charge in [-0.3, -0.25) is 4.79 Å². The topological polar surface area (TPSA) is 83.6 Å². The lowest BCUT2D eigenvalue weighted by Crippen LogP contribution is -2.40.